The van der Waals surface area contributed by atoms with Gasteiger partial charge in [-0.25, -0.2) is 9.07 Å². The highest BCUT2D eigenvalue weighted by atomic mass is 19.4. The van der Waals surface area contributed by atoms with Crippen LogP contribution in [0, 0.1) is 5.82 Å². The van der Waals surface area contributed by atoms with E-state index in [9.17, 15) is 22.7 Å². The van der Waals surface area contributed by atoms with Crippen LogP contribution in [0.2, 0.25) is 0 Å². The van der Waals surface area contributed by atoms with Gasteiger partial charge in [-0.05, 0) is 69.2 Å². The first kappa shape index (κ1) is 26.2. The van der Waals surface area contributed by atoms with Gasteiger partial charge in [0.05, 0.1) is 23.9 Å². The highest BCUT2D eigenvalue weighted by Gasteiger charge is 2.56. The molecule has 0 aliphatic heterocycles. The van der Waals surface area contributed by atoms with E-state index in [4.69, 9.17) is 0 Å². The van der Waals surface area contributed by atoms with Gasteiger partial charge in [0.25, 0.3) is 0 Å². The van der Waals surface area contributed by atoms with Gasteiger partial charge in [-0.3, -0.25) is 0 Å². The molecule has 186 valence electrons. The molecule has 0 amide bonds. The topological polar surface area (TPSA) is 41.3 Å². The van der Waals surface area contributed by atoms with E-state index in [-0.39, 0.29) is 5.56 Å². The predicted octanol–water partition coefficient (Wildman–Crippen LogP) is 6.66. The largest absolute Gasteiger partial charge is 0.423 e. The number of hydrogen-bond donors (Lipinski definition) is 1. The van der Waals surface area contributed by atoms with Gasteiger partial charge in [0, 0.05) is 17.1 Å². The highest BCUT2D eigenvalue weighted by Crippen LogP contribution is 2.41. The number of fused-ring (bicyclic) bond motifs is 1. The summed E-state index contributed by atoms with van der Waals surface area (Å²) < 4.78 is 58.0. The van der Waals surface area contributed by atoms with Crippen LogP contribution < -0.4 is 0 Å². The van der Waals surface area contributed by atoms with E-state index in [2.05, 4.69) is 11.7 Å². The van der Waals surface area contributed by atoms with Crippen molar-refractivity contribution in [3.05, 3.63) is 96.6 Å². The van der Waals surface area contributed by atoms with Crippen molar-refractivity contribution in [2.24, 2.45) is 0 Å². The lowest BCUT2D eigenvalue weighted by molar-refractivity contribution is -0.271. The molecule has 0 fully saturated rings. The van der Waals surface area contributed by atoms with Crippen LogP contribution in [0.1, 0.15) is 32.8 Å². The summed E-state index contributed by atoms with van der Waals surface area (Å²) in [5, 5.41) is 15.8. The van der Waals surface area contributed by atoms with Gasteiger partial charge in [0.2, 0.25) is 5.60 Å². The van der Waals surface area contributed by atoms with Gasteiger partial charge in [-0.15, -0.1) is 6.58 Å². The van der Waals surface area contributed by atoms with Gasteiger partial charge < -0.3 is 10.0 Å². The van der Waals surface area contributed by atoms with Crippen molar-refractivity contribution >= 4 is 10.9 Å². The van der Waals surface area contributed by atoms with Crippen molar-refractivity contribution in [3.8, 4) is 5.69 Å². The van der Waals surface area contributed by atoms with Crippen LogP contribution in [0.3, 0.4) is 0 Å². The number of aliphatic hydroxyl groups is 1. The molecule has 0 radical (unpaired) electrons. The van der Waals surface area contributed by atoms with Crippen LogP contribution in [-0.2, 0) is 5.60 Å². The molecule has 3 rings (SSSR count). The van der Waals surface area contributed by atoms with Gasteiger partial charge in [0.15, 0.2) is 0 Å². The molecule has 0 saturated carbocycles. The monoisotopic (exact) mass is 487 g/mol. The number of rotatable bonds is 9. The average Bonchev–Trinajstić information content (AvgIpc) is 3.25. The van der Waals surface area contributed by atoms with Crippen LogP contribution in [0.4, 0.5) is 17.6 Å². The van der Waals surface area contributed by atoms with Gasteiger partial charge >= 0.3 is 6.18 Å². The predicted molar refractivity (Wildman–Crippen MR) is 131 cm³/mol. The van der Waals surface area contributed by atoms with E-state index in [1.807, 2.05) is 25.2 Å². The lowest BCUT2D eigenvalue weighted by atomic mass is 9.90. The van der Waals surface area contributed by atoms with Crippen molar-refractivity contribution in [2.45, 2.75) is 45.0 Å². The molecule has 3 aromatic rings. The Morgan fingerprint density at radius 2 is 1.89 bits per heavy atom. The van der Waals surface area contributed by atoms with E-state index in [1.54, 1.807) is 19.9 Å². The first-order chi connectivity index (χ1) is 16.5. The highest BCUT2D eigenvalue weighted by molar-refractivity contribution is 5.81. The minimum atomic E-state index is -4.95. The summed E-state index contributed by atoms with van der Waals surface area (Å²) in [5.74, 6) is -0.406. The van der Waals surface area contributed by atoms with E-state index in [1.165, 1.54) is 58.2 Å². The number of alkyl halides is 3. The lowest BCUT2D eigenvalue weighted by Gasteiger charge is -2.39. The molecule has 0 bridgehead atoms. The fourth-order valence-electron chi connectivity index (χ4n) is 3.88. The first-order valence-electron chi connectivity index (χ1n) is 11.2. The summed E-state index contributed by atoms with van der Waals surface area (Å²) in [6.07, 6.45) is 4.14. The fraction of sp³-hybridized carbons (Fsp3) is 0.296. The Labute approximate surface area is 202 Å². The molecule has 2 aromatic carbocycles. The summed E-state index contributed by atoms with van der Waals surface area (Å²) in [6.45, 7) is 8.33. The number of halogens is 4. The molecular formula is C27H29F4N3O. The molecule has 1 aromatic heterocycles. The Kier molecular flexibility index (Phi) is 7.85. The minimum absolute atomic E-state index is 0.293. The van der Waals surface area contributed by atoms with Crippen LogP contribution in [-0.4, -0.2) is 38.5 Å². The molecule has 1 N–H and O–H groups in total. The maximum atomic E-state index is 14.4. The normalized spacial score (nSPS) is 15.4. The zero-order valence-electron chi connectivity index (χ0n) is 19.9. The number of benzene rings is 2. The molecule has 1 heterocycles. The zero-order valence-corrected chi connectivity index (χ0v) is 19.9. The zero-order chi connectivity index (χ0) is 25.8. The molecular weight excluding hydrogens is 458 g/mol. The van der Waals surface area contributed by atoms with E-state index in [0.717, 1.165) is 0 Å². The van der Waals surface area contributed by atoms with Crippen molar-refractivity contribution in [1.29, 1.82) is 0 Å². The molecule has 0 saturated heterocycles. The van der Waals surface area contributed by atoms with E-state index >= 15 is 0 Å². The fourth-order valence-corrected chi connectivity index (χ4v) is 3.88. The molecule has 4 nitrogen and oxygen atoms in total. The Morgan fingerprint density at radius 1 is 1.20 bits per heavy atom. The Balaban J connectivity index is 2.05. The molecule has 2 atom stereocenters. The first-order valence-corrected chi connectivity index (χ1v) is 11.2. The molecule has 2 unspecified atom stereocenters. The average molecular weight is 488 g/mol. The second kappa shape index (κ2) is 10.5. The van der Waals surface area contributed by atoms with Crippen molar-refractivity contribution in [2.75, 3.05) is 6.54 Å². The molecule has 0 spiro atoms. The van der Waals surface area contributed by atoms with Crippen LogP contribution in [0.15, 0.2) is 85.2 Å². The molecule has 0 aliphatic carbocycles. The summed E-state index contributed by atoms with van der Waals surface area (Å²) in [4.78, 5) is 1.50. The Hall–Kier alpha value is -3.39. The lowest BCUT2D eigenvalue weighted by Crippen LogP contribution is -2.52. The second-order valence-electron chi connectivity index (χ2n) is 8.42. The standard InChI is InChI=1S/C27H29F4N3O/c1-5-7-8-9-20(4)33(19(3)6-2)18-26(35,27(29,30)31)22-10-15-25-21(16-22)17-32-34(25)24-13-11-23(28)12-14-24/h5-7,9-17,19,35H,2,8,18H2,1,3-4H3/b7-5-,20-9-. The molecule has 0 aliphatic rings. The van der Waals surface area contributed by atoms with Gasteiger partial charge in [-0.1, -0.05) is 30.4 Å². The summed E-state index contributed by atoms with van der Waals surface area (Å²) in [6, 6.07) is 9.20. The smallest absolute Gasteiger partial charge is 0.375 e. The minimum Gasteiger partial charge on any atom is -0.375 e. The summed E-state index contributed by atoms with van der Waals surface area (Å²) in [7, 11) is 0. The van der Waals surface area contributed by atoms with Crippen LogP contribution in [0.5, 0.6) is 0 Å². The van der Waals surface area contributed by atoms with Crippen LogP contribution >= 0.6 is 0 Å². The molecule has 8 heteroatoms. The van der Waals surface area contributed by atoms with Crippen molar-refractivity contribution in [3.63, 3.8) is 0 Å². The number of allylic oxidation sites excluding steroid dienone is 4. The van der Waals surface area contributed by atoms with Crippen molar-refractivity contribution < 1.29 is 22.7 Å². The maximum absolute atomic E-state index is 14.4. The van der Waals surface area contributed by atoms with Gasteiger partial charge in [-0.2, -0.15) is 18.3 Å². The quantitative estimate of drug-likeness (QED) is 0.271. The second-order valence-corrected chi connectivity index (χ2v) is 8.42. The summed E-state index contributed by atoms with van der Waals surface area (Å²) in [5.41, 5.74) is -1.75. The maximum Gasteiger partial charge on any atom is 0.423 e. The number of aromatic nitrogens is 2. The van der Waals surface area contributed by atoms with E-state index < -0.39 is 30.2 Å². The number of hydrogen-bond acceptors (Lipinski definition) is 3. The van der Waals surface area contributed by atoms with Crippen molar-refractivity contribution in [1.82, 2.24) is 14.7 Å². The van der Waals surface area contributed by atoms with Gasteiger partial charge in [0.1, 0.15) is 5.82 Å². The third-order valence-electron chi connectivity index (χ3n) is 6.06. The SMILES string of the molecule is C=CC(C)N(CC(O)(c1ccc2c(cnn2-c2ccc(F)cc2)c1)C(F)(F)F)/C(C)=C\C/C=C\C. The Bertz CT molecular complexity index is 1230. The van der Waals surface area contributed by atoms with E-state index in [0.29, 0.717) is 28.7 Å². The molecule has 35 heavy (non-hydrogen) atoms. The van der Waals surface area contributed by atoms with Crippen LogP contribution in [0.25, 0.3) is 16.6 Å². The number of nitrogens with zero attached hydrogens (tertiary/aromatic N) is 3. The summed E-state index contributed by atoms with van der Waals surface area (Å²) >= 11 is 0. The third kappa shape index (κ3) is 5.48. The Morgan fingerprint density at radius 3 is 2.49 bits per heavy atom. The third-order valence-corrected chi connectivity index (χ3v) is 6.06.